The topological polar surface area (TPSA) is 85.0 Å². The van der Waals surface area contributed by atoms with Crippen molar-refractivity contribution in [3.8, 4) is 5.75 Å². The molecule has 1 aromatic carbocycles. The molecule has 0 bridgehead atoms. The fourth-order valence-corrected chi connectivity index (χ4v) is 2.10. The Balaban J connectivity index is 2.37. The molecule has 1 fully saturated rings. The zero-order chi connectivity index (χ0) is 13.1. The first-order valence-electron chi connectivity index (χ1n) is 5.77. The molecule has 0 saturated carbocycles. The van der Waals surface area contributed by atoms with E-state index in [4.69, 9.17) is 10.5 Å². The Morgan fingerprint density at radius 2 is 2.06 bits per heavy atom. The average Bonchev–Trinajstić information content (AvgIpc) is 2.91. The molecule has 18 heavy (non-hydrogen) atoms. The second-order valence-corrected chi connectivity index (χ2v) is 4.20. The van der Waals surface area contributed by atoms with Crippen LogP contribution < -0.4 is 10.5 Å². The van der Waals surface area contributed by atoms with Crippen LogP contribution in [0.4, 0.5) is 11.4 Å². The summed E-state index contributed by atoms with van der Waals surface area (Å²) in [5, 5.41) is 2.82. The predicted molar refractivity (Wildman–Crippen MR) is 68.0 cm³/mol. The number of methoxy groups -OCH3 is 1. The largest absolute Gasteiger partial charge is 0.494 e. The van der Waals surface area contributed by atoms with Gasteiger partial charge in [-0.2, -0.15) is 0 Å². The summed E-state index contributed by atoms with van der Waals surface area (Å²) in [7, 11) is 1.42. The highest BCUT2D eigenvalue weighted by atomic mass is 16.5. The van der Waals surface area contributed by atoms with Crippen LogP contribution in [0.25, 0.3) is 0 Å². The molecule has 1 aliphatic heterocycles. The molecule has 0 radical (unpaired) electrons. The number of nitrogen functional groups attached to an aromatic ring is 1. The van der Waals surface area contributed by atoms with Crippen molar-refractivity contribution in [2.24, 2.45) is 5.18 Å². The Morgan fingerprint density at radius 1 is 1.39 bits per heavy atom. The molecule has 0 spiro atoms. The summed E-state index contributed by atoms with van der Waals surface area (Å²) in [4.78, 5) is 24.6. The first-order valence-corrected chi connectivity index (χ1v) is 5.77. The number of nitroso groups, excluding NO2 is 1. The summed E-state index contributed by atoms with van der Waals surface area (Å²) in [6.45, 7) is 1.49. The number of nitrogens with zero attached hydrogens (tertiary/aromatic N) is 2. The predicted octanol–water partition coefficient (Wildman–Crippen LogP) is 1.91. The number of carbonyl (C=O) groups is 1. The highest BCUT2D eigenvalue weighted by Crippen LogP contribution is 2.33. The molecule has 0 atom stereocenters. The number of anilines is 1. The molecule has 1 aromatic rings. The maximum absolute atomic E-state index is 12.2. The zero-order valence-corrected chi connectivity index (χ0v) is 10.2. The van der Waals surface area contributed by atoms with E-state index in [1.807, 2.05) is 0 Å². The lowest BCUT2D eigenvalue weighted by Gasteiger charge is -2.17. The van der Waals surface area contributed by atoms with Crippen LogP contribution in [0.3, 0.4) is 0 Å². The first kappa shape index (κ1) is 12.3. The van der Waals surface area contributed by atoms with Gasteiger partial charge in [0.15, 0.2) is 5.69 Å². The van der Waals surface area contributed by atoms with Gasteiger partial charge in [-0.25, -0.2) is 0 Å². The number of ether oxygens (including phenoxy) is 1. The average molecular weight is 249 g/mol. The molecule has 1 heterocycles. The summed E-state index contributed by atoms with van der Waals surface area (Å²) >= 11 is 0. The maximum Gasteiger partial charge on any atom is 0.256 e. The third-order valence-electron chi connectivity index (χ3n) is 3.07. The quantitative estimate of drug-likeness (QED) is 0.655. The van der Waals surface area contributed by atoms with Gasteiger partial charge in [0.1, 0.15) is 5.75 Å². The third kappa shape index (κ3) is 2.13. The van der Waals surface area contributed by atoms with Crippen molar-refractivity contribution < 1.29 is 9.53 Å². The summed E-state index contributed by atoms with van der Waals surface area (Å²) in [5.74, 6) is 0.141. The van der Waals surface area contributed by atoms with Crippen molar-refractivity contribution in [1.29, 1.82) is 0 Å². The molecule has 96 valence electrons. The zero-order valence-electron chi connectivity index (χ0n) is 10.2. The monoisotopic (exact) mass is 249 g/mol. The summed E-state index contributed by atoms with van der Waals surface area (Å²) in [6.07, 6.45) is 2.02. The van der Waals surface area contributed by atoms with Gasteiger partial charge in [-0.05, 0) is 30.2 Å². The van der Waals surface area contributed by atoms with Gasteiger partial charge in [-0.1, -0.05) is 0 Å². The van der Waals surface area contributed by atoms with Crippen LogP contribution in [-0.4, -0.2) is 31.0 Å². The van der Waals surface area contributed by atoms with Crippen LogP contribution in [-0.2, 0) is 0 Å². The van der Waals surface area contributed by atoms with E-state index in [9.17, 15) is 9.70 Å². The van der Waals surface area contributed by atoms with E-state index in [-0.39, 0.29) is 23.0 Å². The molecular formula is C12H15N3O3. The fraction of sp³-hybridized carbons (Fsp3) is 0.417. The second kappa shape index (κ2) is 5.03. The van der Waals surface area contributed by atoms with E-state index in [1.54, 1.807) is 4.90 Å². The summed E-state index contributed by atoms with van der Waals surface area (Å²) in [6, 6.07) is 2.85. The van der Waals surface area contributed by atoms with Crippen LogP contribution in [0.1, 0.15) is 23.2 Å². The number of likely N-dealkylation sites (tertiary alicyclic amines) is 1. The van der Waals surface area contributed by atoms with E-state index >= 15 is 0 Å². The number of benzene rings is 1. The number of hydrogen-bond acceptors (Lipinski definition) is 5. The van der Waals surface area contributed by atoms with E-state index < -0.39 is 0 Å². The number of carbonyl (C=O) groups excluding carboxylic acids is 1. The third-order valence-corrected chi connectivity index (χ3v) is 3.07. The highest BCUT2D eigenvalue weighted by molar-refractivity contribution is 6.00. The lowest BCUT2D eigenvalue weighted by atomic mass is 10.1. The molecule has 0 unspecified atom stereocenters. The van der Waals surface area contributed by atoms with Crippen molar-refractivity contribution in [1.82, 2.24) is 4.90 Å². The van der Waals surface area contributed by atoms with Crippen molar-refractivity contribution >= 4 is 17.3 Å². The Kier molecular flexibility index (Phi) is 3.45. The minimum Gasteiger partial charge on any atom is -0.494 e. The molecule has 6 nitrogen and oxygen atoms in total. The van der Waals surface area contributed by atoms with Gasteiger partial charge in [0.25, 0.3) is 5.91 Å². The number of nitrogens with two attached hydrogens (primary N) is 1. The summed E-state index contributed by atoms with van der Waals surface area (Å²) < 4.78 is 5.02. The number of hydrogen-bond donors (Lipinski definition) is 1. The van der Waals surface area contributed by atoms with Gasteiger partial charge in [-0.15, -0.1) is 4.91 Å². The molecule has 2 N–H and O–H groups in total. The molecule has 6 heteroatoms. The van der Waals surface area contributed by atoms with E-state index in [0.29, 0.717) is 5.56 Å². The minimum absolute atomic E-state index is 0.105. The molecule has 2 rings (SSSR count). The Labute approximate surface area is 105 Å². The molecular weight excluding hydrogens is 234 g/mol. The first-order chi connectivity index (χ1) is 8.67. The van der Waals surface area contributed by atoms with Crippen LogP contribution in [0, 0.1) is 4.91 Å². The summed E-state index contributed by atoms with van der Waals surface area (Å²) in [5.41, 5.74) is 6.51. The maximum atomic E-state index is 12.2. The standard InChI is InChI=1S/C12H15N3O3/c1-18-11-6-8(9(13)7-10(11)14-17)12(16)15-4-2-3-5-15/h6-7H,2-5,13H2,1H3. The Hall–Kier alpha value is -2.11. The Bertz CT molecular complexity index is 482. The molecule has 1 aliphatic rings. The highest BCUT2D eigenvalue weighted by Gasteiger charge is 2.23. The van der Waals surface area contributed by atoms with Gasteiger partial charge in [0.2, 0.25) is 0 Å². The lowest BCUT2D eigenvalue weighted by molar-refractivity contribution is 0.0793. The van der Waals surface area contributed by atoms with Gasteiger partial charge < -0.3 is 15.4 Å². The Morgan fingerprint density at radius 3 is 2.61 bits per heavy atom. The SMILES string of the molecule is COc1cc(C(=O)N2CCCC2)c(N)cc1N=O. The van der Waals surface area contributed by atoms with Gasteiger partial charge in [-0.3, -0.25) is 4.79 Å². The van der Waals surface area contributed by atoms with Crippen molar-refractivity contribution in [3.63, 3.8) is 0 Å². The molecule has 1 saturated heterocycles. The smallest absolute Gasteiger partial charge is 0.256 e. The van der Waals surface area contributed by atoms with Gasteiger partial charge in [0, 0.05) is 18.8 Å². The number of rotatable bonds is 3. The lowest BCUT2D eigenvalue weighted by Crippen LogP contribution is -2.28. The van der Waals surface area contributed by atoms with E-state index in [0.717, 1.165) is 25.9 Å². The van der Waals surface area contributed by atoms with Crippen molar-refractivity contribution in [2.45, 2.75) is 12.8 Å². The van der Waals surface area contributed by atoms with Crippen LogP contribution in [0.15, 0.2) is 17.3 Å². The second-order valence-electron chi connectivity index (χ2n) is 4.20. The van der Waals surface area contributed by atoms with Crippen molar-refractivity contribution in [3.05, 3.63) is 22.6 Å². The molecule has 1 amide bonds. The van der Waals surface area contributed by atoms with Gasteiger partial charge >= 0.3 is 0 Å². The molecule has 0 aliphatic carbocycles. The van der Waals surface area contributed by atoms with Crippen LogP contribution >= 0.6 is 0 Å². The minimum atomic E-state index is -0.124. The van der Waals surface area contributed by atoms with Gasteiger partial charge in [0.05, 0.1) is 12.7 Å². The fourth-order valence-electron chi connectivity index (χ4n) is 2.10. The van der Waals surface area contributed by atoms with Crippen molar-refractivity contribution in [2.75, 3.05) is 25.9 Å². The normalized spacial score (nSPS) is 14.6. The van der Waals surface area contributed by atoms with E-state index in [2.05, 4.69) is 5.18 Å². The van der Waals surface area contributed by atoms with Crippen LogP contribution in [0.2, 0.25) is 0 Å². The van der Waals surface area contributed by atoms with E-state index in [1.165, 1.54) is 19.2 Å². The van der Waals surface area contributed by atoms with Crippen LogP contribution in [0.5, 0.6) is 5.75 Å². The molecule has 0 aromatic heterocycles. The number of amides is 1.